The van der Waals surface area contributed by atoms with Crippen molar-refractivity contribution in [1.29, 1.82) is 0 Å². The molecular formula is C25H33N3O6S. The Bertz CT molecular complexity index is 1060. The number of hydrogen-bond acceptors (Lipinski definition) is 9. The molecule has 1 aromatic heterocycles. The maximum Gasteiger partial charge on any atom is 0.330 e. The van der Waals surface area contributed by atoms with Gasteiger partial charge in [0.1, 0.15) is 11.3 Å². The smallest absolute Gasteiger partial charge is 0.330 e. The van der Waals surface area contributed by atoms with Crippen LogP contribution in [0.25, 0.3) is 0 Å². The molecule has 2 heterocycles. The molecular weight excluding hydrogens is 470 g/mol. The standard InChI is InChI=1S/C25H33N3O6S/c1-16-21(27-24(35-16)28-10-13-33-14-11-28)9-12-34-19-7-3-17(4-8-22(29)30)20(15-19)25(26,18-5-6-18)23(31)32-2/h3,7,15,18H,4-6,8-14,26H2,1-2H3,(H,29,30). The summed E-state index contributed by atoms with van der Waals surface area (Å²) in [5, 5.41) is 10.2. The number of aliphatic carboxylic acids is 1. The van der Waals surface area contributed by atoms with Gasteiger partial charge in [-0.3, -0.25) is 4.79 Å². The first-order valence-electron chi connectivity index (χ1n) is 12.0. The van der Waals surface area contributed by atoms with E-state index in [-0.39, 0.29) is 18.8 Å². The number of aromatic nitrogens is 1. The normalized spacial score (nSPS) is 17.6. The SMILES string of the molecule is COC(=O)C(N)(c1cc(OCCc2nc(N3CCOCC3)sc2C)ccc1CCC(=O)O)C1CC1. The summed E-state index contributed by atoms with van der Waals surface area (Å²) in [5.41, 5.74) is 7.67. The van der Waals surface area contributed by atoms with Crippen molar-refractivity contribution >= 4 is 28.4 Å². The Labute approximate surface area is 209 Å². The minimum atomic E-state index is -1.32. The summed E-state index contributed by atoms with van der Waals surface area (Å²) < 4.78 is 16.5. The van der Waals surface area contributed by atoms with Gasteiger partial charge in [-0.15, -0.1) is 11.3 Å². The molecule has 1 saturated carbocycles. The molecule has 1 saturated heterocycles. The fourth-order valence-corrected chi connectivity index (χ4v) is 5.50. The lowest BCUT2D eigenvalue weighted by molar-refractivity contribution is -0.148. The molecule has 0 radical (unpaired) electrons. The van der Waals surface area contributed by atoms with Crippen LogP contribution >= 0.6 is 11.3 Å². The predicted molar refractivity (Wildman–Crippen MR) is 132 cm³/mol. The molecule has 2 aromatic rings. The number of methoxy groups -OCH3 is 1. The molecule has 1 aromatic carbocycles. The number of ether oxygens (including phenoxy) is 3. The van der Waals surface area contributed by atoms with Crippen LogP contribution in [0.2, 0.25) is 0 Å². The summed E-state index contributed by atoms with van der Waals surface area (Å²) in [6.07, 6.45) is 2.52. The number of carboxylic acid groups (broad SMARTS) is 1. The molecule has 9 nitrogen and oxygen atoms in total. The van der Waals surface area contributed by atoms with Gasteiger partial charge in [-0.25, -0.2) is 9.78 Å². The van der Waals surface area contributed by atoms with Crippen LogP contribution in [0.15, 0.2) is 18.2 Å². The van der Waals surface area contributed by atoms with E-state index in [9.17, 15) is 9.59 Å². The van der Waals surface area contributed by atoms with Crippen LogP contribution in [0, 0.1) is 12.8 Å². The summed E-state index contributed by atoms with van der Waals surface area (Å²) in [5.74, 6) is -0.870. The Balaban J connectivity index is 1.49. The van der Waals surface area contributed by atoms with Crippen LogP contribution in [0.4, 0.5) is 5.13 Å². The molecule has 10 heteroatoms. The number of morpholine rings is 1. The number of anilines is 1. The number of rotatable bonds is 11. The summed E-state index contributed by atoms with van der Waals surface area (Å²) in [6.45, 7) is 5.62. The zero-order chi connectivity index (χ0) is 25.0. The van der Waals surface area contributed by atoms with Crippen molar-refractivity contribution in [3.8, 4) is 5.75 Å². The quantitative estimate of drug-likeness (QED) is 0.445. The predicted octanol–water partition coefficient (Wildman–Crippen LogP) is 2.66. The van der Waals surface area contributed by atoms with Crippen molar-refractivity contribution in [3.63, 3.8) is 0 Å². The molecule has 0 spiro atoms. The van der Waals surface area contributed by atoms with Gasteiger partial charge in [0.2, 0.25) is 0 Å². The van der Waals surface area contributed by atoms with Crippen molar-refractivity contribution in [1.82, 2.24) is 4.98 Å². The molecule has 4 rings (SSSR count). The first-order valence-corrected chi connectivity index (χ1v) is 12.8. The summed E-state index contributed by atoms with van der Waals surface area (Å²) in [6, 6.07) is 5.39. The Morgan fingerprint density at radius 3 is 2.69 bits per heavy atom. The van der Waals surface area contributed by atoms with Crippen molar-refractivity contribution in [2.24, 2.45) is 11.7 Å². The molecule has 2 aliphatic rings. The van der Waals surface area contributed by atoms with Crippen LogP contribution in [-0.2, 0) is 37.4 Å². The minimum Gasteiger partial charge on any atom is -0.493 e. The van der Waals surface area contributed by atoms with Gasteiger partial charge in [0, 0.05) is 30.8 Å². The number of carboxylic acids is 1. The molecule has 1 aliphatic carbocycles. The molecule has 190 valence electrons. The maximum atomic E-state index is 12.8. The van der Waals surface area contributed by atoms with Gasteiger partial charge >= 0.3 is 11.9 Å². The van der Waals surface area contributed by atoms with Gasteiger partial charge in [0.25, 0.3) is 0 Å². The molecule has 2 fully saturated rings. The van der Waals surface area contributed by atoms with E-state index < -0.39 is 17.5 Å². The Morgan fingerprint density at radius 1 is 1.29 bits per heavy atom. The fourth-order valence-electron chi connectivity index (χ4n) is 4.49. The first kappa shape index (κ1) is 25.4. The average Bonchev–Trinajstić information content (AvgIpc) is 3.66. The van der Waals surface area contributed by atoms with Gasteiger partial charge in [-0.2, -0.15) is 0 Å². The summed E-state index contributed by atoms with van der Waals surface area (Å²) in [7, 11) is 1.32. The van der Waals surface area contributed by atoms with E-state index in [4.69, 9.17) is 30.0 Å². The Morgan fingerprint density at radius 2 is 2.03 bits per heavy atom. The second kappa shape index (κ2) is 10.9. The van der Waals surface area contributed by atoms with Crippen LogP contribution < -0.4 is 15.4 Å². The number of nitrogens with zero attached hydrogens (tertiary/aromatic N) is 2. The zero-order valence-corrected chi connectivity index (χ0v) is 21.1. The van der Waals surface area contributed by atoms with Crippen LogP contribution in [0.1, 0.15) is 41.0 Å². The third kappa shape index (κ3) is 5.76. The van der Waals surface area contributed by atoms with Gasteiger partial charge in [-0.05, 0) is 55.4 Å². The third-order valence-electron chi connectivity index (χ3n) is 6.65. The Hall–Kier alpha value is -2.69. The number of esters is 1. The monoisotopic (exact) mass is 503 g/mol. The summed E-state index contributed by atoms with van der Waals surface area (Å²) in [4.78, 5) is 32.2. The van der Waals surface area contributed by atoms with Crippen LogP contribution in [0.5, 0.6) is 5.75 Å². The molecule has 0 amide bonds. The van der Waals surface area contributed by atoms with Crippen LogP contribution in [0.3, 0.4) is 0 Å². The van der Waals surface area contributed by atoms with Gasteiger partial charge in [0.15, 0.2) is 5.13 Å². The average molecular weight is 504 g/mol. The minimum absolute atomic E-state index is 0.0370. The molecule has 0 bridgehead atoms. The highest BCUT2D eigenvalue weighted by atomic mass is 32.1. The van der Waals surface area contributed by atoms with Gasteiger partial charge in [0.05, 0.1) is 32.6 Å². The maximum absolute atomic E-state index is 12.8. The van der Waals surface area contributed by atoms with Crippen molar-refractivity contribution in [2.75, 3.05) is 44.9 Å². The zero-order valence-electron chi connectivity index (χ0n) is 20.2. The largest absolute Gasteiger partial charge is 0.493 e. The highest BCUT2D eigenvalue weighted by Gasteiger charge is 2.51. The first-order chi connectivity index (χ1) is 16.8. The van der Waals surface area contributed by atoms with E-state index >= 15 is 0 Å². The van der Waals surface area contributed by atoms with E-state index in [1.54, 1.807) is 23.5 Å². The van der Waals surface area contributed by atoms with E-state index in [1.807, 2.05) is 6.07 Å². The molecule has 1 atom stereocenters. The third-order valence-corrected chi connectivity index (χ3v) is 7.72. The number of carbonyl (C=O) groups excluding carboxylic acids is 1. The number of aryl methyl sites for hydroxylation is 2. The van der Waals surface area contributed by atoms with E-state index in [1.165, 1.54) is 12.0 Å². The molecule has 35 heavy (non-hydrogen) atoms. The lowest BCUT2D eigenvalue weighted by Gasteiger charge is -2.29. The van der Waals surface area contributed by atoms with E-state index in [0.29, 0.717) is 24.3 Å². The number of benzene rings is 1. The number of nitrogens with two attached hydrogens (primary N) is 1. The lowest BCUT2D eigenvalue weighted by atomic mass is 9.81. The summed E-state index contributed by atoms with van der Waals surface area (Å²) >= 11 is 1.69. The van der Waals surface area contributed by atoms with Crippen molar-refractivity contribution in [2.45, 2.75) is 44.6 Å². The van der Waals surface area contributed by atoms with Crippen LogP contribution in [-0.4, -0.2) is 62.0 Å². The fraction of sp³-hybridized carbons (Fsp3) is 0.560. The molecule has 3 N–H and O–H groups in total. The lowest BCUT2D eigenvalue weighted by Crippen LogP contribution is -2.48. The van der Waals surface area contributed by atoms with Gasteiger partial charge in [-0.1, -0.05) is 6.07 Å². The molecule has 1 unspecified atom stereocenters. The topological polar surface area (TPSA) is 124 Å². The second-order valence-corrected chi connectivity index (χ2v) is 10.2. The van der Waals surface area contributed by atoms with Crippen molar-refractivity contribution < 1.29 is 28.9 Å². The van der Waals surface area contributed by atoms with Gasteiger partial charge < -0.3 is 30.0 Å². The number of thiazole rings is 1. The Kier molecular flexibility index (Phi) is 7.93. The van der Waals surface area contributed by atoms with E-state index in [0.717, 1.165) is 55.5 Å². The number of carbonyl (C=O) groups is 2. The number of hydrogen-bond donors (Lipinski definition) is 2. The highest BCUT2D eigenvalue weighted by molar-refractivity contribution is 7.15. The molecule has 1 aliphatic heterocycles. The highest BCUT2D eigenvalue weighted by Crippen LogP contribution is 2.46. The van der Waals surface area contributed by atoms with E-state index in [2.05, 4.69) is 11.8 Å². The van der Waals surface area contributed by atoms with Crippen molar-refractivity contribution in [3.05, 3.63) is 39.9 Å². The second-order valence-electron chi connectivity index (χ2n) is 9.04.